The lowest BCUT2D eigenvalue weighted by atomic mass is 10.1. The van der Waals surface area contributed by atoms with Gasteiger partial charge in [-0.3, -0.25) is 5.41 Å². The van der Waals surface area contributed by atoms with E-state index in [9.17, 15) is 0 Å². The number of nitrogens with zero attached hydrogens (tertiary/aromatic N) is 1. The molecule has 0 heterocycles. The van der Waals surface area contributed by atoms with Gasteiger partial charge in [0.15, 0.2) is 0 Å². The quantitative estimate of drug-likeness (QED) is 0.542. The highest BCUT2D eigenvalue weighted by Gasteiger charge is 2.22. The van der Waals surface area contributed by atoms with Crippen molar-refractivity contribution in [2.24, 2.45) is 5.92 Å². The Morgan fingerprint density at radius 2 is 2.07 bits per heavy atom. The molecule has 1 rings (SSSR count). The third-order valence-electron chi connectivity index (χ3n) is 3.03. The topological polar surface area (TPSA) is 36.3 Å². The summed E-state index contributed by atoms with van der Waals surface area (Å²) < 4.78 is 5.05. The van der Waals surface area contributed by atoms with Gasteiger partial charge in [0.05, 0.1) is 12.4 Å². The first-order valence-corrected chi connectivity index (χ1v) is 5.62. The van der Waals surface area contributed by atoms with E-state index in [4.69, 9.17) is 10.1 Å². The second-order valence-corrected chi connectivity index (χ2v) is 3.94. The molecule has 0 unspecified atom stereocenters. The van der Waals surface area contributed by atoms with E-state index < -0.39 is 0 Å². The van der Waals surface area contributed by atoms with E-state index in [0.717, 1.165) is 25.5 Å². The number of methoxy groups -OCH3 is 1. The Bertz CT molecular complexity index is 176. The smallest absolute Gasteiger partial charge is 0.0990 e. The normalized spacial score (nSPS) is 17.3. The molecule has 14 heavy (non-hydrogen) atoms. The van der Waals surface area contributed by atoms with Gasteiger partial charge in [0.25, 0.3) is 0 Å². The molecule has 0 saturated heterocycles. The van der Waals surface area contributed by atoms with Crippen LogP contribution in [-0.4, -0.2) is 37.5 Å². The Balaban J connectivity index is 2.37. The van der Waals surface area contributed by atoms with Crippen LogP contribution in [0.3, 0.4) is 0 Å². The van der Waals surface area contributed by atoms with Gasteiger partial charge < -0.3 is 9.64 Å². The monoisotopic (exact) mass is 198 g/mol. The van der Waals surface area contributed by atoms with Gasteiger partial charge in [-0.05, 0) is 19.8 Å². The minimum atomic E-state index is 0.520. The summed E-state index contributed by atoms with van der Waals surface area (Å²) in [5, 5.41) is 8.09. The van der Waals surface area contributed by atoms with E-state index in [2.05, 4.69) is 11.8 Å². The molecule has 1 saturated carbocycles. The summed E-state index contributed by atoms with van der Waals surface area (Å²) in [5.74, 6) is 1.36. The van der Waals surface area contributed by atoms with Gasteiger partial charge in [-0.1, -0.05) is 12.8 Å². The predicted molar refractivity (Wildman–Crippen MR) is 58.8 cm³/mol. The summed E-state index contributed by atoms with van der Waals surface area (Å²) in [6.07, 6.45) is 5.02. The van der Waals surface area contributed by atoms with Gasteiger partial charge in [0.1, 0.15) is 0 Å². The van der Waals surface area contributed by atoms with Crippen molar-refractivity contribution in [2.75, 3.05) is 26.8 Å². The Morgan fingerprint density at radius 3 is 2.57 bits per heavy atom. The SMILES string of the molecule is CCN(CCOC)C(=N)C1CCCC1. The van der Waals surface area contributed by atoms with E-state index in [1.54, 1.807) is 7.11 Å². The van der Waals surface area contributed by atoms with E-state index in [1.165, 1.54) is 25.7 Å². The number of likely N-dealkylation sites (N-methyl/N-ethyl adjacent to an activating group) is 1. The summed E-state index contributed by atoms with van der Waals surface area (Å²) >= 11 is 0. The molecule has 3 nitrogen and oxygen atoms in total. The predicted octanol–water partition coefficient (Wildman–Crippen LogP) is 2.12. The number of ether oxygens (including phenoxy) is 1. The fourth-order valence-corrected chi connectivity index (χ4v) is 2.11. The highest BCUT2D eigenvalue weighted by atomic mass is 16.5. The van der Waals surface area contributed by atoms with E-state index >= 15 is 0 Å². The second-order valence-electron chi connectivity index (χ2n) is 3.94. The molecule has 0 aromatic heterocycles. The molecule has 82 valence electrons. The zero-order valence-electron chi connectivity index (χ0n) is 9.38. The van der Waals surface area contributed by atoms with Crippen LogP contribution < -0.4 is 0 Å². The maximum absolute atomic E-state index is 8.09. The molecule has 0 radical (unpaired) electrons. The lowest BCUT2D eigenvalue weighted by molar-refractivity contribution is 0.175. The van der Waals surface area contributed by atoms with Gasteiger partial charge in [-0.15, -0.1) is 0 Å². The molecule has 0 atom stereocenters. The van der Waals surface area contributed by atoms with Crippen molar-refractivity contribution in [3.63, 3.8) is 0 Å². The van der Waals surface area contributed by atoms with Crippen LogP contribution in [0.5, 0.6) is 0 Å². The van der Waals surface area contributed by atoms with Gasteiger partial charge >= 0.3 is 0 Å². The lowest BCUT2D eigenvalue weighted by Crippen LogP contribution is -2.36. The van der Waals surface area contributed by atoms with Gasteiger partial charge in [-0.2, -0.15) is 0 Å². The summed E-state index contributed by atoms with van der Waals surface area (Å²) in [5.41, 5.74) is 0. The molecule has 1 aliphatic rings. The van der Waals surface area contributed by atoms with Crippen molar-refractivity contribution in [1.82, 2.24) is 4.90 Å². The molecule has 0 bridgehead atoms. The van der Waals surface area contributed by atoms with Crippen LogP contribution >= 0.6 is 0 Å². The minimum Gasteiger partial charge on any atom is -0.383 e. The second kappa shape index (κ2) is 6.02. The number of rotatable bonds is 5. The molecule has 0 aromatic rings. The number of amidine groups is 1. The Kier molecular flexibility index (Phi) is 4.94. The number of nitrogens with one attached hydrogen (secondary N) is 1. The molecule has 0 aliphatic heterocycles. The minimum absolute atomic E-state index is 0.520. The van der Waals surface area contributed by atoms with Crippen LogP contribution in [0, 0.1) is 11.3 Å². The fourth-order valence-electron chi connectivity index (χ4n) is 2.11. The third kappa shape index (κ3) is 2.98. The molecule has 1 N–H and O–H groups in total. The largest absolute Gasteiger partial charge is 0.383 e. The van der Waals surface area contributed by atoms with Crippen LogP contribution in [-0.2, 0) is 4.74 Å². The number of hydrogen-bond donors (Lipinski definition) is 1. The molecule has 0 aromatic carbocycles. The van der Waals surface area contributed by atoms with E-state index in [-0.39, 0.29) is 0 Å². The van der Waals surface area contributed by atoms with Crippen molar-refractivity contribution in [3.8, 4) is 0 Å². The van der Waals surface area contributed by atoms with Crippen LogP contribution in [0.2, 0.25) is 0 Å². The maximum Gasteiger partial charge on any atom is 0.0990 e. The highest BCUT2D eigenvalue weighted by Crippen LogP contribution is 2.26. The Hall–Kier alpha value is -0.570. The molecular weight excluding hydrogens is 176 g/mol. The Morgan fingerprint density at radius 1 is 1.43 bits per heavy atom. The first-order chi connectivity index (χ1) is 6.79. The molecule has 0 amide bonds. The van der Waals surface area contributed by atoms with Crippen molar-refractivity contribution in [1.29, 1.82) is 5.41 Å². The van der Waals surface area contributed by atoms with Crippen molar-refractivity contribution in [3.05, 3.63) is 0 Å². The van der Waals surface area contributed by atoms with Crippen molar-refractivity contribution in [2.45, 2.75) is 32.6 Å². The standard InChI is InChI=1S/C11H22N2O/c1-3-13(8-9-14-2)11(12)10-6-4-5-7-10/h10,12H,3-9H2,1-2H3. The summed E-state index contributed by atoms with van der Waals surface area (Å²) in [4.78, 5) is 2.14. The molecule has 3 heteroatoms. The summed E-state index contributed by atoms with van der Waals surface area (Å²) in [6.45, 7) is 4.63. The van der Waals surface area contributed by atoms with Crippen LogP contribution in [0.4, 0.5) is 0 Å². The molecular formula is C11H22N2O. The lowest BCUT2D eigenvalue weighted by Gasteiger charge is -2.26. The molecule has 1 fully saturated rings. The molecule has 1 aliphatic carbocycles. The first kappa shape index (κ1) is 11.5. The maximum atomic E-state index is 8.09. The van der Waals surface area contributed by atoms with Gasteiger partial charge in [0, 0.05) is 26.1 Å². The van der Waals surface area contributed by atoms with Crippen molar-refractivity contribution >= 4 is 5.84 Å². The summed E-state index contributed by atoms with van der Waals surface area (Å²) in [6, 6.07) is 0. The summed E-state index contributed by atoms with van der Waals surface area (Å²) in [7, 11) is 1.72. The van der Waals surface area contributed by atoms with Crippen LogP contribution in [0.25, 0.3) is 0 Å². The van der Waals surface area contributed by atoms with Crippen LogP contribution in [0.15, 0.2) is 0 Å². The average Bonchev–Trinajstić information content (AvgIpc) is 2.71. The van der Waals surface area contributed by atoms with E-state index in [0.29, 0.717) is 5.92 Å². The Labute approximate surface area is 86.9 Å². The van der Waals surface area contributed by atoms with Crippen LogP contribution in [0.1, 0.15) is 32.6 Å². The highest BCUT2D eigenvalue weighted by molar-refractivity contribution is 5.81. The molecule has 0 spiro atoms. The average molecular weight is 198 g/mol. The third-order valence-corrected chi connectivity index (χ3v) is 3.03. The van der Waals surface area contributed by atoms with Gasteiger partial charge in [-0.25, -0.2) is 0 Å². The zero-order chi connectivity index (χ0) is 10.4. The number of hydrogen-bond acceptors (Lipinski definition) is 2. The van der Waals surface area contributed by atoms with E-state index in [1.807, 2.05) is 0 Å². The fraction of sp³-hybridized carbons (Fsp3) is 0.909. The zero-order valence-corrected chi connectivity index (χ0v) is 9.38. The first-order valence-electron chi connectivity index (χ1n) is 5.62. The van der Waals surface area contributed by atoms with Gasteiger partial charge in [0.2, 0.25) is 0 Å². The van der Waals surface area contributed by atoms with Crippen molar-refractivity contribution < 1.29 is 4.74 Å².